The number of aliphatic hydroxyl groups excluding tert-OH is 1. The first kappa shape index (κ1) is 20.1. The number of sulfonamides is 1. The number of hydrogen-bond donors (Lipinski definition) is 1. The zero-order chi connectivity index (χ0) is 19.2. The Morgan fingerprint density at radius 1 is 0.889 bits per heavy atom. The van der Waals surface area contributed by atoms with Gasteiger partial charge < -0.3 is 5.11 Å². The van der Waals surface area contributed by atoms with Gasteiger partial charge in [-0.15, -0.1) is 0 Å². The Balaban J connectivity index is 1.54. The minimum Gasteiger partial charge on any atom is -0.396 e. The smallest absolute Gasteiger partial charge is 0.218 e. The Morgan fingerprint density at radius 3 is 2.00 bits per heavy atom. The van der Waals surface area contributed by atoms with Gasteiger partial charge in [-0.05, 0) is 48.6 Å². The van der Waals surface area contributed by atoms with Crippen molar-refractivity contribution in [2.45, 2.75) is 37.9 Å². The second-order valence-electron chi connectivity index (χ2n) is 7.64. The highest BCUT2D eigenvalue weighted by molar-refractivity contribution is 7.88. The molecule has 3 rings (SSSR count). The highest BCUT2D eigenvalue weighted by atomic mass is 32.2. The summed E-state index contributed by atoms with van der Waals surface area (Å²) in [4.78, 5) is 0. The Bertz CT molecular complexity index is 798. The van der Waals surface area contributed by atoms with Crippen LogP contribution in [0.1, 0.15) is 36.8 Å². The number of aryl methyl sites for hydroxylation is 1. The van der Waals surface area contributed by atoms with Crippen molar-refractivity contribution < 1.29 is 13.5 Å². The van der Waals surface area contributed by atoms with Gasteiger partial charge >= 0.3 is 0 Å². The lowest BCUT2D eigenvalue weighted by Gasteiger charge is -2.40. The molecule has 0 aliphatic carbocycles. The van der Waals surface area contributed by atoms with Crippen LogP contribution in [0.5, 0.6) is 0 Å². The summed E-state index contributed by atoms with van der Waals surface area (Å²) in [5.74, 6) is 0.0496. The van der Waals surface area contributed by atoms with Gasteiger partial charge in [-0.2, -0.15) is 0 Å². The van der Waals surface area contributed by atoms with E-state index in [9.17, 15) is 13.5 Å². The first-order chi connectivity index (χ1) is 13.0. The molecule has 1 fully saturated rings. The molecule has 0 saturated carbocycles. The van der Waals surface area contributed by atoms with Crippen molar-refractivity contribution in [1.29, 1.82) is 0 Å². The molecule has 2 aromatic rings. The molecule has 1 aliphatic heterocycles. The largest absolute Gasteiger partial charge is 0.396 e. The first-order valence-electron chi connectivity index (χ1n) is 9.70. The van der Waals surface area contributed by atoms with Crippen LogP contribution in [0.3, 0.4) is 0 Å². The molecule has 1 heterocycles. The number of benzene rings is 2. The topological polar surface area (TPSA) is 57.6 Å². The van der Waals surface area contributed by atoms with Gasteiger partial charge in [-0.25, -0.2) is 12.7 Å². The zero-order valence-electron chi connectivity index (χ0n) is 15.8. The molecule has 0 aromatic heterocycles. The second-order valence-corrected chi connectivity index (χ2v) is 9.61. The molecule has 1 saturated heterocycles. The predicted molar refractivity (Wildman–Crippen MR) is 109 cm³/mol. The summed E-state index contributed by atoms with van der Waals surface area (Å²) in [6.07, 6.45) is 4.41. The number of hydrogen-bond acceptors (Lipinski definition) is 3. The molecule has 0 spiro atoms. The van der Waals surface area contributed by atoms with Crippen LogP contribution in [0.4, 0.5) is 0 Å². The van der Waals surface area contributed by atoms with Crippen LogP contribution in [0.15, 0.2) is 60.7 Å². The van der Waals surface area contributed by atoms with E-state index in [-0.39, 0.29) is 17.8 Å². The average Bonchev–Trinajstić information content (AvgIpc) is 2.69. The summed E-state index contributed by atoms with van der Waals surface area (Å²) < 4.78 is 27.0. The Hall–Kier alpha value is -1.69. The van der Waals surface area contributed by atoms with Crippen molar-refractivity contribution in [1.82, 2.24) is 4.31 Å². The molecule has 0 radical (unpaired) electrons. The molecule has 4 nitrogen and oxygen atoms in total. The van der Waals surface area contributed by atoms with E-state index in [1.807, 2.05) is 48.5 Å². The van der Waals surface area contributed by atoms with Crippen LogP contribution in [0.2, 0.25) is 0 Å². The average molecular weight is 388 g/mol. The third kappa shape index (κ3) is 5.41. The molecule has 0 bridgehead atoms. The Morgan fingerprint density at radius 2 is 1.44 bits per heavy atom. The summed E-state index contributed by atoms with van der Waals surface area (Å²) in [6, 6.07) is 19.7. The fourth-order valence-corrected chi connectivity index (χ4v) is 5.45. The second kappa shape index (κ2) is 9.00. The van der Waals surface area contributed by atoms with Crippen LogP contribution >= 0.6 is 0 Å². The quantitative estimate of drug-likeness (QED) is 0.753. The van der Waals surface area contributed by atoms with Crippen molar-refractivity contribution in [3.8, 4) is 0 Å². The van der Waals surface area contributed by atoms with Crippen molar-refractivity contribution in [2.24, 2.45) is 5.41 Å². The number of rotatable bonds is 8. The number of piperidine rings is 1. The van der Waals surface area contributed by atoms with E-state index >= 15 is 0 Å². The van der Waals surface area contributed by atoms with Gasteiger partial charge in [0, 0.05) is 19.7 Å². The fourth-order valence-electron chi connectivity index (χ4n) is 3.91. The van der Waals surface area contributed by atoms with E-state index in [0.29, 0.717) is 13.1 Å². The summed E-state index contributed by atoms with van der Waals surface area (Å²) in [5, 5.41) is 10.00. The third-order valence-corrected chi connectivity index (χ3v) is 7.57. The zero-order valence-corrected chi connectivity index (χ0v) is 16.6. The van der Waals surface area contributed by atoms with Gasteiger partial charge in [-0.1, -0.05) is 60.7 Å². The molecular formula is C22H29NO3S. The van der Waals surface area contributed by atoms with Crippen molar-refractivity contribution >= 4 is 10.0 Å². The summed E-state index contributed by atoms with van der Waals surface area (Å²) in [6.45, 7) is 1.14. The summed E-state index contributed by atoms with van der Waals surface area (Å²) >= 11 is 0. The minimum absolute atomic E-state index is 0.0496. The van der Waals surface area contributed by atoms with Crippen LogP contribution in [0, 0.1) is 5.41 Å². The maximum Gasteiger partial charge on any atom is 0.218 e. The standard InChI is InChI=1S/C22H29NO3S/c24-19-22(13-7-12-20-8-3-1-4-9-20)14-16-23(17-15-22)27(25,26)18-21-10-5-2-6-11-21/h1-6,8-11,24H,7,12-19H2. The molecular weight excluding hydrogens is 358 g/mol. The molecule has 1 N–H and O–H groups in total. The molecule has 27 heavy (non-hydrogen) atoms. The predicted octanol–water partition coefficient (Wildman–Crippen LogP) is 3.61. The normalized spacial score (nSPS) is 17.7. The van der Waals surface area contributed by atoms with Gasteiger partial charge in [0.1, 0.15) is 0 Å². The van der Waals surface area contributed by atoms with E-state index < -0.39 is 10.0 Å². The molecule has 2 aromatic carbocycles. The van der Waals surface area contributed by atoms with E-state index in [2.05, 4.69) is 12.1 Å². The maximum atomic E-state index is 12.7. The highest BCUT2D eigenvalue weighted by Gasteiger charge is 2.37. The fraction of sp³-hybridized carbons (Fsp3) is 0.455. The van der Waals surface area contributed by atoms with Crippen molar-refractivity contribution in [2.75, 3.05) is 19.7 Å². The lowest BCUT2D eigenvalue weighted by Crippen LogP contribution is -2.45. The van der Waals surface area contributed by atoms with Crippen LogP contribution in [-0.4, -0.2) is 37.5 Å². The van der Waals surface area contributed by atoms with Crippen LogP contribution in [0.25, 0.3) is 0 Å². The van der Waals surface area contributed by atoms with E-state index in [1.165, 1.54) is 5.56 Å². The number of nitrogens with zero attached hydrogens (tertiary/aromatic N) is 1. The van der Waals surface area contributed by atoms with Crippen molar-refractivity contribution in [3.05, 3.63) is 71.8 Å². The molecule has 0 unspecified atom stereocenters. The van der Waals surface area contributed by atoms with Crippen LogP contribution < -0.4 is 0 Å². The van der Waals surface area contributed by atoms with Crippen molar-refractivity contribution in [3.63, 3.8) is 0 Å². The van der Waals surface area contributed by atoms with Gasteiger partial charge in [0.25, 0.3) is 0 Å². The molecule has 0 amide bonds. The van der Waals surface area contributed by atoms with Gasteiger partial charge in [0.2, 0.25) is 10.0 Å². The summed E-state index contributed by atoms with van der Waals surface area (Å²) in [7, 11) is -3.31. The monoisotopic (exact) mass is 387 g/mol. The molecule has 146 valence electrons. The SMILES string of the molecule is O=S(=O)(Cc1ccccc1)N1CCC(CO)(CCCc2ccccc2)CC1. The van der Waals surface area contributed by atoms with Gasteiger partial charge in [0.15, 0.2) is 0 Å². The maximum absolute atomic E-state index is 12.7. The first-order valence-corrected chi connectivity index (χ1v) is 11.3. The minimum atomic E-state index is -3.31. The van der Waals surface area contributed by atoms with E-state index in [1.54, 1.807) is 4.31 Å². The Labute approximate surface area is 162 Å². The number of aliphatic hydroxyl groups is 1. The molecule has 0 atom stereocenters. The van der Waals surface area contributed by atoms with Gasteiger partial charge in [0.05, 0.1) is 5.75 Å². The third-order valence-electron chi connectivity index (χ3n) is 5.72. The lowest BCUT2D eigenvalue weighted by atomic mass is 9.75. The van der Waals surface area contributed by atoms with Gasteiger partial charge in [-0.3, -0.25) is 0 Å². The van der Waals surface area contributed by atoms with Crippen LogP contribution in [-0.2, 0) is 22.2 Å². The summed E-state index contributed by atoms with van der Waals surface area (Å²) in [5.41, 5.74) is 1.99. The lowest BCUT2D eigenvalue weighted by molar-refractivity contribution is 0.0584. The molecule has 1 aliphatic rings. The molecule has 5 heteroatoms. The van der Waals surface area contributed by atoms with E-state index in [0.717, 1.165) is 37.7 Å². The van der Waals surface area contributed by atoms with E-state index in [4.69, 9.17) is 0 Å². The Kier molecular flexibility index (Phi) is 6.68. The highest BCUT2D eigenvalue weighted by Crippen LogP contribution is 2.37.